The zero-order valence-corrected chi connectivity index (χ0v) is 11.1. The molecule has 0 bridgehead atoms. The molecular formula is C13H19ClN2O2. The van der Waals surface area contributed by atoms with Gasteiger partial charge in [0, 0.05) is 25.2 Å². The third kappa shape index (κ3) is 3.89. The summed E-state index contributed by atoms with van der Waals surface area (Å²) in [5.74, 6) is 0.191. The third-order valence-electron chi connectivity index (χ3n) is 3.03. The number of carbonyl (C=O) groups excluding carboxylic acids is 1. The molecular weight excluding hydrogens is 252 g/mol. The maximum atomic E-state index is 11.9. The number of nitrogens with two attached hydrogens (primary N) is 1. The number of benzene rings is 1. The van der Waals surface area contributed by atoms with Crippen LogP contribution in [0.4, 0.5) is 5.69 Å². The third-order valence-corrected chi connectivity index (χ3v) is 3.03. The van der Waals surface area contributed by atoms with E-state index in [1.54, 1.807) is 0 Å². The van der Waals surface area contributed by atoms with Crippen molar-refractivity contribution in [1.29, 1.82) is 0 Å². The van der Waals surface area contributed by atoms with Gasteiger partial charge in [-0.2, -0.15) is 0 Å². The van der Waals surface area contributed by atoms with E-state index in [0.29, 0.717) is 39.1 Å². The van der Waals surface area contributed by atoms with Crippen LogP contribution in [0, 0.1) is 0 Å². The molecule has 0 unspecified atom stereocenters. The van der Waals surface area contributed by atoms with E-state index in [4.69, 9.17) is 10.5 Å². The monoisotopic (exact) mass is 270 g/mol. The summed E-state index contributed by atoms with van der Waals surface area (Å²) in [7, 11) is 0. The second-order valence-corrected chi connectivity index (χ2v) is 4.19. The number of aryl methyl sites for hydroxylation is 1. The highest BCUT2D eigenvalue weighted by Crippen LogP contribution is 2.13. The van der Waals surface area contributed by atoms with Crippen LogP contribution in [0.2, 0.25) is 0 Å². The lowest BCUT2D eigenvalue weighted by atomic mass is 10.1. The van der Waals surface area contributed by atoms with Crippen molar-refractivity contribution in [3.8, 4) is 0 Å². The fraction of sp³-hybridized carbons (Fsp3) is 0.462. The summed E-state index contributed by atoms with van der Waals surface area (Å²) in [5, 5.41) is 0. The number of carbonyl (C=O) groups is 1. The van der Waals surface area contributed by atoms with E-state index in [0.717, 1.165) is 11.3 Å². The predicted octanol–water partition coefficient (Wildman–Crippen LogP) is 1.48. The average molecular weight is 271 g/mol. The standard InChI is InChI=1S/C13H18N2O2.ClH/c14-12-4-2-1-3-11(12)5-6-13(16)15-7-9-17-10-8-15;/h1-4H,5-10,14H2;1H. The number of para-hydroxylation sites is 1. The first-order valence-corrected chi connectivity index (χ1v) is 5.96. The van der Waals surface area contributed by atoms with Gasteiger partial charge in [0.25, 0.3) is 0 Å². The molecule has 0 aromatic heterocycles. The SMILES string of the molecule is Cl.Nc1ccccc1CCC(=O)N1CCOCC1. The van der Waals surface area contributed by atoms with Gasteiger partial charge in [0.15, 0.2) is 0 Å². The zero-order chi connectivity index (χ0) is 12.1. The molecule has 5 heteroatoms. The van der Waals surface area contributed by atoms with Gasteiger partial charge in [0.05, 0.1) is 13.2 Å². The summed E-state index contributed by atoms with van der Waals surface area (Å²) in [6, 6.07) is 7.70. The predicted molar refractivity (Wildman–Crippen MR) is 73.8 cm³/mol. The number of amides is 1. The van der Waals surface area contributed by atoms with Gasteiger partial charge < -0.3 is 15.4 Å². The Morgan fingerprint density at radius 3 is 2.61 bits per heavy atom. The molecule has 18 heavy (non-hydrogen) atoms. The van der Waals surface area contributed by atoms with E-state index < -0.39 is 0 Å². The summed E-state index contributed by atoms with van der Waals surface area (Å²) in [5.41, 5.74) is 7.66. The molecule has 4 nitrogen and oxygen atoms in total. The van der Waals surface area contributed by atoms with Crippen molar-refractivity contribution in [2.75, 3.05) is 32.0 Å². The highest BCUT2D eigenvalue weighted by Gasteiger charge is 2.16. The lowest BCUT2D eigenvalue weighted by Crippen LogP contribution is -2.40. The van der Waals surface area contributed by atoms with Crippen molar-refractivity contribution in [3.63, 3.8) is 0 Å². The topological polar surface area (TPSA) is 55.6 Å². The van der Waals surface area contributed by atoms with E-state index in [-0.39, 0.29) is 18.3 Å². The lowest BCUT2D eigenvalue weighted by Gasteiger charge is -2.26. The van der Waals surface area contributed by atoms with Gasteiger partial charge in [-0.25, -0.2) is 0 Å². The Morgan fingerprint density at radius 1 is 1.28 bits per heavy atom. The van der Waals surface area contributed by atoms with E-state index in [9.17, 15) is 4.79 Å². The van der Waals surface area contributed by atoms with E-state index >= 15 is 0 Å². The lowest BCUT2D eigenvalue weighted by molar-refractivity contribution is -0.135. The Morgan fingerprint density at radius 2 is 1.94 bits per heavy atom. The number of anilines is 1. The van der Waals surface area contributed by atoms with Crippen LogP contribution in [0.5, 0.6) is 0 Å². The van der Waals surface area contributed by atoms with Crippen molar-refractivity contribution in [1.82, 2.24) is 4.90 Å². The number of hydrogen-bond acceptors (Lipinski definition) is 3. The van der Waals surface area contributed by atoms with Crippen LogP contribution in [-0.2, 0) is 16.0 Å². The Labute approximate surface area is 114 Å². The normalized spacial score (nSPS) is 15.0. The van der Waals surface area contributed by atoms with Gasteiger partial charge in [-0.15, -0.1) is 12.4 Å². The van der Waals surface area contributed by atoms with Gasteiger partial charge in [-0.1, -0.05) is 18.2 Å². The molecule has 100 valence electrons. The number of nitrogen functional groups attached to an aromatic ring is 1. The molecule has 1 aliphatic heterocycles. The summed E-state index contributed by atoms with van der Waals surface area (Å²) in [6.07, 6.45) is 1.23. The fourth-order valence-electron chi connectivity index (χ4n) is 1.97. The van der Waals surface area contributed by atoms with Crippen LogP contribution in [0.3, 0.4) is 0 Å². The number of ether oxygens (including phenoxy) is 1. The first kappa shape index (κ1) is 14.8. The smallest absolute Gasteiger partial charge is 0.223 e. The van der Waals surface area contributed by atoms with E-state index in [1.807, 2.05) is 29.2 Å². The number of morpholine rings is 1. The maximum absolute atomic E-state index is 11.9. The van der Waals surface area contributed by atoms with Crippen LogP contribution >= 0.6 is 12.4 Å². The number of hydrogen-bond donors (Lipinski definition) is 1. The first-order chi connectivity index (χ1) is 8.27. The Kier molecular flexibility index (Phi) is 5.95. The molecule has 1 aromatic rings. The summed E-state index contributed by atoms with van der Waals surface area (Å²) < 4.78 is 5.22. The van der Waals surface area contributed by atoms with Gasteiger partial charge in [-0.05, 0) is 18.1 Å². The molecule has 1 aliphatic rings. The first-order valence-electron chi connectivity index (χ1n) is 5.96. The second-order valence-electron chi connectivity index (χ2n) is 4.19. The Hall–Kier alpha value is -1.26. The minimum absolute atomic E-state index is 0. The molecule has 1 fully saturated rings. The minimum atomic E-state index is 0. The summed E-state index contributed by atoms with van der Waals surface area (Å²) in [4.78, 5) is 13.8. The molecule has 2 rings (SSSR count). The van der Waals surface area contributed by atoms with Crippen molar-refractivity contribution in [2.24, 2.45) is 0 Å². The molecule has 0 spiro atoms. The average Bonchev–Trinajstić information content (AvgIpc) is 2.38. The Bertz CT molecular complexity index is 392. The Balaban J connectivity index is 0.00000162. The van der Waals surface area contributed by atoms with Crippen molar-refractivity contribution in [3.05, 3.63) is 29.8 Å². The molecule has 0 radical (unpaired) electrons. The van der Waals surface area contributed by atoms with Crippen molar-refractivity contribution in [2.45, 2.75) is 12.8 Å². The largest absolute Gasteiger partial charge is 0.399 e. The van der Waals surface area contributed by atoms with Crippen LogP contribution < -0.4 is 5.73 Å². The van der Waals surface area contributed by atoms with Gasteiger partial charge in [0.2, 0.25) is 5.91 Å². The molecule has 0 atom stereocenters. The molecule has 1 aromatic carbocycles. The van der Waals surface area contributed by atoms with Crippen LogP contribution in [-0.4, -0.2) is 37.1 Å². The minimum Gasteiger partial charge on any atom is -0.399 e. The van der Waals surface area contributed by atoms with Gasteiger partial charge in [-0.3, -0.25) is 4.79 Å². The van der Waals surface area contributed by atoms with Crippen LogP contribution in [0.15, 0.2) is 24.3 Å². The van der Waals surface area contributed by atoms with Gasteiger partial charge in [0.1, 0.15) is 0 Å². The molecule has 1 amide bonds. The molecule has 0 saturated carbocycles. The quantitative estimate of drug-likeness (QED) is 0.847. The van der Waals surface area contributed by atoms with Crippen LogP contribution in [0.1, 0.15) is 12.0 Å². The summed E-state index contributed by atoms with van der Waals surface area (Å²) >= 11 is 0. The molecule has 2 N–H and O–H groups in total. The van der Waals surface area contributed by atoms with E-state index in [1.165, 1.54) is 0 Å². The second kappa shape index (κ2) is 7.24. The molecule has 1 saturated heterocycles. The highest BCUT2D eigenvalue weighted by molar-refractivity contribution is 5.85. The maximum Gasteiger partial charge on any atom is 0.223 e. The van der Waals surface area contributed by atoms with Crippen molar-refractivity contribution >= 4 is 24.0 Å². The van der Waals surface area contributed by atoms with Gasteiger partial charge >= 0.3 is 0 Å². The molecule has 0 aliphatic carbocycles. The van der Waals surface area contributed by atoms with Crippen LogP contribution in [0.25, 0.3) is 0 Å². The fourth-order valence-corrected chi connectivity index (χ4v) is 1.97. The zero-order valence-electron chi connectivity index (χ0n) is 10.3. The number of rotatable bonds is 3. The summed E-state index contributed by atoms with van der Waals surface area (Å²) in [6.45, 7) is 2.73. The highest BCUT2D eigenvalue weighted by atomic mass is 35.5. The number of halogens is 1. The van der Waals surface area contributed by atoms with E-state index in [2.05, 4.69) is 0 Å². The number of nitrogens with zero attached hydrogens (tertiary/aromatic N) is 1. The van der Waals surface area contributed by atoms with Crippen molar-refractivity contribution < 1.29 is 9.53 Å². The molecule has 1 heterocycles.